The molecule has 0 unspecified atom stereocenters. The highest BCUT2D eigenvalue weighted by molar-refractivity contribution is 5.68. The van der Waals surface area contributed by atoms with Crippen molar-refractivity contribution < 1.29 is 30.0 Å². The zero-order valence-electron chi connectivity index (χ0n) is 14.3. The first-order valence-electron chi connectivity index (χ1n) is 8.68. The Morgan fingerprint density at radius 1 is 1.29 bits per heavy atom. The zero-order chi connectivity index (χ0) is 17.9. The molecular weight excluding hydrogens is 312 g/mol. The molecule has 6 nitrogen and oxygen atoms in total. The third kappa shape index (κ3) is 8.06. The summed E-state index contributed by atoms with van der Waals surface area (Å²) in [5.74, 6) is -1.19. The van der Waals surface area contributed by atoms with Crippen molar-refractivity contribution in [1.29, 1.82) is 0 Å². The van der Waals surface area contributed by atoms with Gasteiger partial charge in [-0.3, -0.25) is 4.79 Å². The number of ether oxygens (including phenoxy) is 1. The molecule has 5 atom stereocenters. The second-order valence-electron chi connectivity index (χ2n) is 6.28. The van der Waals surface area contributed by atoms with Gasteiger partial charge in [-0.15, -0.1) is 0 Å². The van der Waals surface area contributed by atoms with Gasteiger partial charge in [0.1, 0.15) is 0 Å². The lowest BCUT2D eigenvalue weighted by atomic mass is 9.87. The molecule has 0 amide bonds. The van der Waals surface area contributed by atoms with Crippen LogP contribution < -0.4 is 0 Å². The Balaban J connectivity index is 2.60. The zero-order valence-corrected chi connectivity index (χ0v) is 14.3. The van der Waals surface area contributed by atoms with Crippen LogP contribution in [0, 0.1) is 5.92 Å². The lowest BCUT2D eigenvalue weighted by molar-refractivity contribution is -0.199. The summed E-state index contributed by atoms with van der Waals surface area (Å²) in [4.78, 5) is 10.5. The number of carboxylic acid groups (broad SMARTS) is 1. The maximum atomic E-state index is 10.5. The van der Waals surface area contributed by atoms with Crippen LogP contribution in [-0.2, 0) is 9.53 Å². The molecule has 0 aromatic carbocycles. The predicted molar refractivity (Wildman–Crippen MR) is 90.3 cm³/mol. The van der Waals surface area contributed by atoms with Gasteiger partial charge in [0.05, 0.1) is 24.7 Å². The van der Waals surface area contributed by atoms with Crippen LogP contribution >= 0.6 is 0 Å². The molecular formula is C18H30O6. The van der Waals surface area contributed by atoms with Gasteiger partial charge in [0.2, 0.25) is 0 Å². The molecule has 1 rings (SSSR count). The van der Waals surface area contributed by atoms with Gasteiger partial charge in [-0.25, -0.2) is 0 Å². The van der Waals surface area contributed by atoms with E-state index in [1.54, 1.807) is 24.3 Å². The van der Waals surface area contributed by atoms with Gasteiger partial charge in [0.15, 0.2) is 6.29 Å². The Morgan fingerprint density at radius 3 is 2.71 bits per heavy atom. The van der Waals surface area contributed by atoms with Gasteiger partial charge in [0, 0.05) is 12.3 Å². The highest BCUT2D eigenvalue weighted by Crippen LogP contribution is 2.29. The van der Waals surface area contributed by atoms with E-state index >= 15 is 0 Å². The minimum absolute atomic E-state index is 0.0665. The van der Waals surface area contributed by atoms with E-state index in [2.05, 4.69) is 6.92 Å². The minimum Gasteiger partial charge on any atom is -0.481 e. The fraction of sp³-hybridized carbons (Fsp3) is 0.722. The van der Waals surface area contributed by atoms with Crippen LogP contribution in [0.3, 0.4) is 0 Å². The normalized spacial score (nSPS) is 29.3. The number of aliphatic carboxylic acids is 1. The fourth-order valence-corrected chi connectivity index (χ4v) is 2.79. The number of carbonyl (C=O) groups is 1. The van der Waals surface area contributed by atoms with E-state index in [-0.39, 0.29) is 18.8 Å². The summed E-state index contributed by atoms with van der Waals surface area (Å²) < 4.78 is 5.47. The maximum Gasteiger partial charge on any atom is 0.307 e. The third-order valence-corrected chi connectivity index (χ3v) is 4.17. The monoisotopic (exact) mass is 342 g/mol. The Labute approximate surface area is 143 Å². The number of aliphatic hydroxyl groups excluding tert-OH is 3. The van der Waals surface area contributed by atoms with E-state index in [1.165, 1.54) is 0 Å². The summed E-state index contributed by atoms with van der Waals surface area (Å²) in [7, 11) is 0. The molecule has 0 saturated carbocycles. The average Bonchev–Trinajstić information content (AvgIpc) is 2.51. The molecule has 0 radical (unpaired) electrons. The van der Waals surface area contributed by atoms with Crippen molar-refractivity contribution in [3.05, 3.63) is 24.3 Å². The van der Waals surface area contributed by atoms with Gasteiger partial charge >= 0.3 is 5.97 Å². The Hall–Kier alpha value is -1.21. The first-order chi connectivity index (χ1) is 11.4. The molecule has 6 heteroatoms. The molecule has 1 fully saturated rings. The van der Waals surface area contributed by atoms with E-state index in [4.69, 9.17) is 9.84 Å². The van der Waals surface area contributed by atoms with Crippen LogP contribution in [0.2, 0.25) is 0 Å². The molecule has 1 aliphatic rings. The van der Waals surface area contributed by atoms with Crippen molar-refractivity contribution in [2.45, 2.75) is 76.5 Å². The number of aliphatic hydroxyl groups is 3. The topological polar surface area (TPSA) is 107 Å². The number of unbranched alkanes of at least 4 members (excludes halogenated alkanes) is 2. The first kappa shape index (κ1) is 20.8. The van der Waals surface area contributed by atoms with Gasteiger partial charge < -0.3 is 25.2 Å². The summed E-state index contributed by atoms with van der Waals surface area (Å²) in [6.07, 6.45) is 8.01. The molecule has 0 aromatic rings. The molecule has 4 N–H and O–H groups in total. The van der Waals surface area contributed by atoms with Gasteiger partial charge in [-0.1, -0.05) is 50.5 Å². The SMILES string of the molecule is CCCCC[C@H](O)/C=C\[C@H]1O[C@@H](O)C[C@H](O)[C@@H]1C/C=C\CC(=O)O. The van der Waals surface area contributed by atoms with Crippen LogP contribution in [0.5, 0.6) is 0 Å². The van der Waals surface area contributed by atoms with E-state index in [9.17, 15) is 20.1 Å². The fourth-order valence-electron chi connectivity index (χ4n) is 2.79. The van der Waals surface area contributed by atoms with Crippen molar-refractivity contribution in [3.63, 3.8) is 0 Å². The van der Waals surface area contributed by atoms with Crippen LogP contribution in [0.25, 0.3) is 0 Å². The molecule has 0 aliphatic carbocycles. The van der Waals surface area contributed by atoms with Crippen molar-refractivity contribution in [2.75, 3.05) is 0 Å². The minimum atomic E-state index is -1.04. The molecule has 0 bridgehead atoms. The number of allylic oxidation sites excluding steroid dienone is 1. The van der Waals surface area contributed by atoms with Crippen LogP contribution in [0.1, 0.15) is 51.9 Å². The van der Waals surface area contributed by atoms with Gasteiger partial charge in [-0.2, -0.15) is 0 Å². The third-order valence-electron chi connectivity index (χ3n) is 4.17. The highest BCUT2D eigenvalue weighted by atomic mass is 16.6. The van der Waals surface area contributed by atoms with Crippen molar-refractivity contribution >= 4 is 5.97 Å². The summed E-state index contributed by atoms with van der Waals surface area (Å²) in [5, 5.41) is 38.4. The second kappa shape index (κ2) is 11.4. The standard InChI is InChI=1S/C18H30O6/c1-2-3-4-7-13(19)10-11-16-14(8-5-6-9-17(21)22)15(20)12-18(23)24-16/h5-6,10-11,13-16,18-20,23H,2-4,7-9,12H2,1H3,(H,21,22)/b6-5-,11-10-/t13-,14-,15-,16+,18+/m0/s1. The van der Waals surface area contributed by atoms with E-state index in [0.29, 0.717) is 12.8 Å². The lowest BCUT2D eigenvalue weighted by Crippen LogP contribution is -2.43. The highest BCUT2D eigenvalue weighted by Gasteiger charge is 2.35. The Bertz CT molecular complexity index is 420. The average molecular weight is 342 g/mol. The van der Waals surface area contributed by atoms with Crippen molar-refractivity contribution in [1.82, 2.24) is 0 Å². The van der Waals surface area contributed by atoms with Crippen LogP contribution in [-0.4, -0.2) is 51.0 Å². The number of hydrogen-bond donors (Lipinski definition) is 4. The summed E-state index contributed by atoms with van der Waals surface area (Å²) >= 11 is 0. The molecule has 1 aliphatic heterocycles. The summed E-state index contributed by atoms with van der Waals surface area (Å²) in [5.41, 5.74) is 0. The van der Waals surface area contributed by atoms with Gasteiger partial charge in [-0.05, 0) is 12.8 Å². The number of rotatable bonds is 10. The lowest BCUT2D eigenvalue weighted by Gasteiger charge is -2.36. The Kier molecular flexibility index (Phi) is 9.86. The smallest absolute Gasteiger partial charge is 0.307 e. The first-order valence-corrected chi connectivity index (χ1v) is 8.68. The molecule has 0 aromatic heterocycles. The maximum absolute atomic E-state index is 10.5. The van der Waals surface area contributed by atoms with E-state index < -0.39 is 30.6 Å². The number of hydrogen-bond acceptors (Lipinski definition) is 5. The largest absolute Gasteiger partial charge is 0.481 e. The predicted octanol–water partition coefficient (Wildman–Crippen LogP) is 1.99. The van der Waals surface area contributed by atoms with Crippen molar-refractivity contribution in [2.24, 2.45) is 5.92 Å². The van der Waals surface area contributed by atoms with Crippen LogP contribution in [0.15, 0.2) is 24.3 Å². The summed E-state index contributed by atoms with van der Waals surface area (Å²) in [6, 6.07) is 0. The van der Waals surface area contributed by atoms with Crippen LogP contribution in [0.4, 0.5) is 0 Å². The molecule has 1 saturated heterocycles. The molecule has 0 spiro atoms. The number of carboxylic acids is 1. The molecule has 1 heterocycles. The quantitative estimate of drug-likeness (QED) is 0.357. The molecule has 138 valence electrons. The molecule has 24 heavy (non-hydrogen) atoms. The van der Waals surface area contributed by atoms with E-state index in [0.717, 1.165) is 19.3 Å². The second-order valence-corrected chi connectivity index (χ2v) is 6.28. The Morgan fingerprint density at radius 2 is 2.04 bits per heavy atom. The van der Waals surface area contributed by atoms with E-state index in [1.807, 2.05) is 0 Å². The van der Waals surface area contributed by atoms with Crippen molar-refractivity contribution in [3.8, 4) is 0 Å². The summed E-state index contributed by atoms with van der Waals surface area (Å²) in [6.45, 7) is 2.10. The van der Waals surface area contributed by atoms with Gasteiger partial charge in [0.25, 0.3) is 0 Å².